The normalized spacial score (nSPS) is 21.1. The van der Waals surface area contributed by atoms with Crippen molar-refractivity contribution in [2.24, 2.45) is 0 Å². The first-order valence-electron chi connectivity index (χ1n) is 13.4. The summed E-state index contributed by atoms with van der Waals surface area (Å²) in [4.78, 5) is 4.64. The third-order valence-electron chi connectivity index (χ3n) is 7.28. The Labute approximate surface area is 215 Å². The number of benzene rings is 2. The third kappa shape index (κ3) is 7.20. The first-order chi connectivity index (χ1) is 17.5. The van der Waals surface area contributed by atoms with Crippen LogP contribution in [0.5, 0.6) is 11.5 Å². The molecular formula is C29H42N2O5. The lowest BCUT2D eigenvalue weighted by atomic mass is 9.95. The molecule has 7 nitrogen and oxygen atoms in total. The van der Waals surface area contributed by atoms with Gasteiger partial charge in [-0.25, -0.2) is 0 Å². The highest BCUT2D eigenvalue weighted by atomic mass is 16.5. The first kappa shape index (κ1) is 26.9. The van der Waals surface area contributed by atoms with Gasteiger partial charge in [0.1, 0.15) is 11.5 Å². The van der Waals surface area contributed by atoms with Gasteiger partial charge in [-0.05, 0) is 67.5 Å². The maximum atomic E-state index is 9.69. The van der Waals surface area contributed by atoms with Crippen LogP contribution in [0, 0.1) is 13.8 Å². The van der Waals surface area contributed by atoms with Gasteiger partial charge in [-0.15, -0.1) is 0 Å². The molecule has 2 saturated heterocycles. The largest absolute Gasteiger partial charge is 0.493 e. The number of nitrogens with zero attached hydrogens (tertiary/aromatic N) is 2. The van der Waals surface area contributed by atoms with Crippen molar-refractivity contribution in [2.75, 3.05) is 65.7 Å². The van der Waals surface area contributed by atoms with Crippen molar-refractivity contribution in [3.8, 4) is 22.6 Å². The van der Waals surface area contributed by atoms with Gasteiger partial charge < -0.3 is 29.3 Å². The zero-order valence-electron chi connectivity index (χ0n) is 21.8. The van der Waals surface area contributed by atoms with Crippen LogP contribution in [0.25, 0.3) is 11.1 Å². The Bertz CT molecular complexity index is 969. The maximum Gasteiger partial charge on any atom is 0.122 e. The summed E-state index contributed by atoms with van der Waals surface area (Å²) in [5.74, 6) is 1.84. The highest BCUT2D eigenvalue weighted by Crippen LogP contribution is 2.35. The Hall–Kier alpha value is -2.16. The van der Waals surface area contributed by atoms with Gasteiger partial charge in [0.2, 0.25) is 0 Å². The zero-order chi connectivity index (χ0) is 25.3. The second-order valence-electron chi connectivity index (χ2n) is 9.98. The predicted molar refractivity (Wildman–Crippen MR) is 142 cm³/mol. The standard InChI is InChI=1S/C29H42N2O5/c1-22-26(7-3-9-28(22)35-16-5-12-30-14-11-24(33)19-30)27-8-4-10-29(23(27)2)36-17-6-13-31-15-18-34-25(20-31)21-32/h3-4,7-10,24-25,32-33H,5-6,11-21H2,1-2H3. The smallest absolute Gasteiger partial charge is 0.122 e. The highest BCUT2D eigenvalue weighted by Gasteiger charge is 2.20. The summed E-state index contributed by atoms with van der Waals surface area (Å²) in [5.41, 5.74) is 4.61. The summed E-state index contributed by atoms with van der Waals surface area (Å²) in [6, 6.07) is 12.5. The number of aliphatic hydroxyl groups excluding tert-OH is 2. The van der Waals surface area contributed by atoms with E-state index in [2.05, 4.69) is 47.9 Å². The fourth-order valence-corrected chi connectivity index (χ4v) is 5.18. The molecule has 36 heavy (non-hydrogen) atoms. The van der Waals surface area contributed by atoms with Gasteiger partial charge in [-0.2, -0.15) is 0 Å². The average Bonchev–Trinajstić information content (AvgIpc) is 3.31. The fraction of sp³-hybridized carbons (Fsp3) is 0.586. The lowest BCUT2D eigenvalue weighted by molar-refractivity contribution is -0.0533. The zero-order valence-corrected chi connectivity index (χ0v) is 21.8. The predicted octanol–water partition coefficient (Wildman–Crippen LogP) is 3.27. The molecule has 4 rings (SSSR count). The van der Waals surface area contributed by atoms with E-state index in [9.17, 15) is 10.2 Å². The summed E-state index contributed by atoms with van der Waals surface area (Å²) in [5, 5.41) is 19.0. The molecule has 2 aromatic carbocycles. The van der Waals surface area contributed by atoms with Crippen LogP contribution in [0.15, 0.2) is 36.4 Å². The number of β-amino-alcohol motifs (C(OH)–C–C–N with tert-alkyl or cyclic N) is 1. The number of morpholine rings is 1. The van der Waals surface area contributed by atoms with Gasteiger partial charge in [0.15, 0.2) is 0 Å². The monoisotopic (exact) mass is 498 g/mol. The quantitative estimate of drug-likeness (QED) is 0.435. The van der Waals surface area contributed by atoms with E-state index in [-0.39, 0.29) is 18.8 Å². The lowest BCUT2D eigenvalue weighted by Crippen LogP contribution is -2.44. The SMILES string of the molecule is Cc1c(OCCCN2CCC(O)C2)cccc1-c1cccc(OCCCN2CCOC(CO)C2)c1C. The molecule has 2 aliphatic rings. The molecule has 0 aliphatic carbocycles. The minimum Gasteiger partial charge on any atom is -0.493 e. The molecule has 2 atom stereocenters. The van der Waals surface area contributed by atoms with Gasteiger partial charge in [-0.3, -0.25) is 4.90 Å². The van der Waals surface area contributed by atoms with Gasteiger partial charge in [0.25, 0.3) is 0 Å². The Morgan fingerprint density at radius 2 is 1.44 bits per heavy atom. The summed E-state index contributed by atoms with van der Waals surface area (Å²) >= 11 is 0. The van der Waals surface area contributed by atoms with Crippen molar-refractivity contribution in [1.82, 2.24) is 9.80 Å². The van der Waals surface area contributed by atoms with E-state index in [0.29, 0.717) is 19.8 Å². The molecule has 0 spiro atoms. The van der Waals surface area contributed by atoms with Crippen molar-refractivity contribution < 1.29 is 24.4 Å². The molecule has 0 aromatic heterocycles. The molecule has 7 heteroatoms. The van der Waals surface area contributed by atoms with Crippen LogP contribution in [0.2, 0.25) is 0 Å². The molecular weight excluding hydrogens is 456 g/mol. The van der Waals surface area contributed by atoms with Crippen LogP contribution in [0.1, 0.15) is 30.4 Å². The third-order valence-corrected chi connectivity index (χ3v) is 7.28. The fourth-order valence-electron chi connectivity index (χ4n) is 5.18. The second-order valence-corrected chi connectivity index (χ2v) is 9.98. The second kappa shape index (κ2) is 13.4. The van der Waals surface area contributed by atoms with Crippen LogP contribution in [-0.2, 0) is 4.74 Å². The van der Waals surface area contributed by atoms with Crippen molar-refractivity contribution in [2.45, 2.75) is 45.3 Å². The van der Waals surface area contributed by atoms with Crippen molar-refractivity contribution >= 4 is 0 Å². The Morgan fingerprint density at radius 1 is 0.861 bits per heavy atom. The van der Waals surface area contributed by atoms with Crippen LogP contribution in [0.4, 0.5) is 0 Å². The van der Waals surface area contributed by atoms with E-state index in [4.69, 9.17) is 14.2 Å². The molecule has 2 aromatic rings. The number of rotatable bonds is 12. The van der Waals surface area contributed by atoms with Crippen LogP contribution in [0.3, 0.4) is 0 Å². The van der Waals surface area contributed by atoms with E-state index in [1.54, 1.807) is 0 Å². The number of hydrogen-bond donors (Lipinski definition) is 2. The summed E-state index contributed by atoms with van der Waals surface area (Å²) in [7, 11) is 0. The Balaban J connectivity index is 1.30. The molecule has 0 amide bonds. The Kier molecular flexibility index (Phi) is 10.0. The minimum absolute atomic E-state index is 0.0688. The maximum absolute atomic E-state index is 9.69. The molecule has 2 unspecified atom stereocenters. The van der Waals surface area contributed by atoms with E-state index in [0.717, 1.165) is 81.2 Å². The van der Waals surface area contributed by atoms with Crippen molar-refractivity contribution in [3.05, 3.63) is 47.5 Å². The first-order valence-corrected chi connectivity index (χ1v) is 13.4. The van der Waals surface area contributed by atoms with Crippen molar-refractivity contribution in [3.63, 3.8) is 0 Å². The molecule has 2 heterocycles. The number of aliphatic hydroxyl groups is 2. The van der Waals surface area contributed by atoms with Gasteiger partial charge in [0, 0.05) is 39.3 Å². The number of hydrogen-bond acceptors (Lipinski definition) is 7. The molecule has 2 fully saturated rings. The van der Waals surface area contributed by atoms with E-state index >= 15 is 0 Å². The number of ether oxygens (including phenoxy) is 3. The number of likely N-dealkylation sites (tertiary alicyclic amines) is 1. The molecule has 2 N–H and O–H groups in total. The van der Waals surface area contributed by atoms with E-state index in [1.165, 1.54) is 11.1 Å². The van der Waals surface area contributed by atoms with Crippen LogP contribution in [-0.4, -0.2) is 97.9 Å². The van der Waals surface area contributed by atoms with Gasteiger partial charge in [0.05, 0.1) is 38.6 Å². The molecule has 198 valence electrons. The van der Waals surface area contributed by atoms with E-state index in [1.807, 2.05) is 12.1 Å². The topological polar surface area (TPSA) is 74.6 Å². The van der Waals surface area contributed by atoms with Crippen LogP contribution < -0.4 is 9.47 Å². The molecule has 2 aliphatic heterocycles. The van der Waals surface area contributed by atoms with Gasteiger partial charge in [-0.1, -0.05) is 24.3 Å². The van der Waals surface area contributed by atoms with Crippen molar-refractivity contribution in [1.29, 1.82) is 0 Å². The lowest BCUT2D eigenvalue weighted by Gasteiger charge is -2.31. The minimum atomic E-state index is -0.169. The summed E-state index contributed by atoms with van der Waals surface area (Å²) in [6.07, 6.45) is 2.52. The van der Waals surface area contributed by atoms with E-state index < -0.39 is 0 Å². The molecule has 0 saturated carbocycles. The summed E-state index contributed by atoms with van der Waals surface area (Å²) in [6.45, 7) is 11.7. The molecule has 0 radical (unpaired) electrons. The van der Waals surface area contributed by atoms with Crippen LogP contribution >= 0.6 is 0 Å². The molecule has 0 bridgehead atoms. The highest BCUT2D eigenvalue weighted by molar-refractivity contribution is 5.74. The Morgan fingerprint density at radius 3 is 1.97 bits per heavy atom. The van der Waals surface area contributed by atoms with Gasteiger partial charge >= 0.3 is 0 Å². The average molecular weight is 499 g/mol. The summed E-state index contributed by atoms with van der Waals surface area (Å²) < 4.78 is 17.9.